The van der Waals surface area contributed by atoms with Crippen LogP contribution in [0.4, 0.5) is 18.9 Å². The monoisotopic (exact) mass is 537 g/mol. The van der Waals surface area contributed by atoms with Gasteiger partial charge in [-0.25, -0.2) is 10.2 Å². The molecule has 0 fully saturated rings. The Morgan fingerprint density at radius 3 is 2.22 bits per heavy atom. The highest BCUT2D eigenvalue weighted by atomic mass is 35.5. The molecule has 186 valence electrons. The van der Waals surface area contributed by atoms with Gasteiger partial charge >= 0.3 is 24.0 Å². The van der Waals surface area contributed by atoms with Crippen LogP contribution in [0, 0.1) is 0 Å². The van der Waals surface area contributed by atoms with Gasteiger partial charge in [-0.15, -0.1) is 0 Å². The number of hydrazone groups is 1. The van der Waals surface area contributed by atoms with Crippen molar-refractivity contribution in [2.24, 2.45) is 5.10 Å². The summed E-state index contributed by atoms with van der Waals surface area (Å²) in [5, 5.41) is 6.03. The second-order valence-corrected chi connectivity index (χ2v) is 8.05. The lowest BCUT2D eigenvalue weighted by Gasteiger charge is -2.11. The number of carbonyl (C=O) groups excluding carboxylic acids is 3. The SMILES string of the molecule is CC(=NNC(=O)C(=O)Nc1cc(C(F)(F)F)ccc1Cl)c1ccc(OC(=O)c2cccc(Cl)c2)cc1. The Morgan fingerprint density at radius 2 is 1.58 bits per heavy atom. The van der Waals surface area contributed by atoms with Crippen molar-refractivity contribution in [3.63, 3.8) is 0 Å². The van der Waals surface area contributed by atoms with Gasteiger partial charge in [0.25, 0.3) is 0 Å². The van der Waals surface area contributed by atoms with Gasteiger partial charge in [0, 0.05) is 5.02 Å². The van der Waals surface area contributed by atoms with E-state index >= 15 is 0 Å². The first-order valence-electron chi connectivity index (χ1n) is 10.0. The smallest absolute Gasteiger partial charge is 0.416 e. The second-order valence-electron chi connectivity index (χ2n) is 7.21. The van der Waals surface area contributed by atoms with Crippen LogP contribution in [-0.2, 0) is 15.8 Å². The predicted octanol–water partition coefficient (Wildman–Crippen LogP) is 5.71. The number of carbonyl (C=O) groups is 3. The highest BCUT2D eigenvalue weighted by Crippen LogP contribution is 2.33. The zero-order valence-corrected chi connectivity index (χ0v) is 19.8. The highest BCUT2D eigenvalue weighted by molar-refractivity contribution is 6.41. The van der Waals surface area contributed by atoms with Crippen LogP contribution in [0.1, 0.15) is 28.4 Å². The number of hydrogen-bond acceptors (Lipinski definition) is 5. The number of hydrogen-bond donors (Lipinski definition) is 2. The van der Waals surface area contributed by atoms with Gasteiger partial charge in [-0.2, -0.15) is 18.3 Å². The summed E-state index contributed by atoms with van der Waals surface area (Å²) < 4.78 is 43.9. The van der Waals surface area contributed by atoms with Crippen molar-refractivity contribution in [1.29, 1.82) is 0 Å². The lowest BCUT2D eigenvalue weighted by atomic mass is 10.1. The highest BCUT2D eigenvalue weighted by Gasteiger charge is 2.31. The molecule has 3 aromatic rings. The summed E-state index contributed by atoms with van der Waals surface area (Å²) in [6.45, 7) is 1.54. The van der Waals surface area contributed by atoms with E-state index in [1.165, 1.54) is 25.1 Å². The van der Waals surface area contributed by atoms with Crippen LogP contribution in [0.3, 0.4) is 0 Å². The first kappa shape index (κ1) is 26.7. The Kier molecular flexibility index (Phi) is 8.33. The summed E-state index contributed by atoms with van der Waals surface area (Å²) in [6, 6.07) is 14.7. The number of anilines is 1. The molecule has 3 rings (SSSR count). The molecule has 0 bridgehead atoms. The van der Waals surface area contributed by atoms with Crippen LogP contribution < -0.4 is 15.5 Å². The Labute approximate surface area is 212 Å². The van der Waals surface area contributed by atoms with Crippen molar-refractivity contribution in [1.82, 2.24) is 5.43 Å². The van der Waals surface area contributed by atoms with Gasteiger partial charge in [0.15, 0.2) is 0 Å². The fourth-order valence-corrected chi connectivity index (χ4v) is 3.13. The maximum Gasteiger partial charge on any atom is 0.416 e. The molecule has 0 radical (unpaired) electrons. The number of esters is 1. The summed E-state index contributed by atoms with van der Waals surface area (Å²) in [6.07, 6.45) is -4.66. The third kappa shape index (κ3) is 7.06. The first-order chi connectivity index (χ1) is 16.9. The number of ether oxygens (including phenoxy) is 1. The first-order valence-corrected chi connectivity index (χ1v) is 10.8. The summed E-state index contributed by atoms with van der Waals surface area (Å²) >= 11 is 11.7. The molecule has 0 saturated carbocycles. The van der Waals surface area contributed by atoms with E-state index in [1.54, 1.807) is 30.3 Å². The number of nitrogens with zero attached hydrogens (tertiary/aromatic N) is 1. The third-order valence-electron chi connectivity index (χ3n) is 4.62. The molecule has 0 saturated heterocycles. The molecule has 7 nitrogen and oxygen atoms in total. The van der Waals surface area contributed by atoms with Crippen LogP contribution in [-0.4, -0.2) is 23.5 Å². The van der Waals surface area contributed by atoms with E-state index in [2.05, 4.69) is 5.10 Å². The number of rotatable bonds is 5. The summed E-state index contributed by atoms with van der Waals surface area (Å²) in [5.41, 5.74) is 1.68. The molecule has 0 aliphatic rings. The van der Waals surface area contributed by atoms with Crippen molar-refractivity contribution < 1.29 is 32.3 Å². The second kappa shape index (κ2) is 11.2. The minimum atomic E-state index is -4.66. The Morgan fingerprint density at radius 1 is 0.889 bits per heavy atom. The van der Waals surface area contributed by atoms with Crippen LogP contribution >= 0.6 is 23.2 Å². The molecule has 2 amide bonds. The molecule has 0 aliphatic heterocycles. The van der Waals surface area contributed by atoms with Gasteiger partial charge in [-0.3, -0.25) is 9.59 Å². The summed E-state index contributed by atoms with van der Waals surface area (Å²) in [4.78, 5) is 36.3. The minimum Gasteiger partial charge on any atom is -0.423 e. The zero-order valence-electron chi connectivity index (χ0n) is 18.3. The van der Waals surface area contributed by atoms with E-state index < -0.39 is 29.5 Å². The molecule has 0 aromatic heterocycles. The molecule has 0 heterocycles. The lowest BCUT2D eigenvalue weighted by Crippen LogP contribution is -2.33. The van der Waals surface area contributed by atoms with Crippen molar-refractivity contribution >= 4 is 52.4 Å². The van der Waals surface area contributed by atoms with Crippen LogP contribution in [0.2, 0.25) is 10.0 Å². The molecule has 36 heavy (non-hydrogen) atoms. The number of benzene rings is 3. The molecular formula is C24H16Cl2F3N3O4. The maximum absolute atomic E-state index is 12.9. The van der Waals surface area contributed by atoms with Gasteiger partial charge < -0.3 is 10.1 Å². The van der Waals surface area contributed by atoms with Crippen LogP contribution in [0.5, 0.6) is 5.75 Å². The van der Waals surface area contributed by atoms with E-state index in [-0.39, 0.29) is 22.0 Å². The summed E-state index contributed by atoms with van der Waals surface area (Å²) in [5.74, 6) is -2.85. The molecule has 3 aromatic carbocycles. The molecule has 12 heteroatoms. The van der Waals surface area contributed by atoms with Gasteiger partial charge in [-0.05, 0) is 73.2 Å². The maximum atomic E-state index is 12.9. The van der Waals surface area contributed by atoms with E-state index in [0.717, 1.165) is 12.1 Å². The Hall–Kier alpha value is -3.89. The van der Waals surface area contributed by atoms with Crippen molar-refractivity contribution in [3.8, 4) is 5.75 Å². The topological polar surface area (TPSA) is 96.9 Å². The molecule has 0 spiro atoms. The quantitative estimate of drug-likeness (QED) is 0.143. The van der Waals surface area contributed by atoms with Gasteiger partial charge in [0.1, 0.15) is 5.75 Å². The fraction of sp³-hybridized carbons (Fsp3) is 0.0833. The van der Waals surface area contributed by atoms with Gasteiger partial charge in [-0.1, -0.05) is 29.3 Å². The van der Waals surface area contributed by atoms with E-state index in [1.807, 2.05) is 10.7 Å². The van der Waals surface area contributed by atoms with Crippen LogP contribution in [0.25, 0.3) is 0 Å². The molecule has 2 N–H and O–H groups in total. The minimum absolute atomic E-state index is 0.181. The van der Waals surface area contributed by atoms with Gasteiger partial charge in [0.05, 0.1) is 27.5 Å². The standard InChI is InChI=1S/C24H16Cl2F3N3O4/c1-13(14-5-8-18(9-6-14)36-23(35)15-3-2-4-17(25)11-15)31-32-22(34)21(33)30-20-12-16(24(27,28)29)7-10-19(20)26/h2-12H,1H3,(H,30,33)(H,32,34). The zero-order chi connectivity index (χ0) is 26.5. The predicted molar refractivity (Wildman–Crippen MR) is 128 cm³/mol. The Balaban J connectivity index is 1.60. The van der Waals surface area contributed by atoms with Crippen molar-refractivity contribution in [3.05, 3.63) is 93.5 Å². The number of halogens is 5. The molecule has 0 unspecified atom stereocenters. The van der Waals surface area contributed by atoms with E-state index in [4.69, 9.17) is 27.9 Å². The molecule has 0 aliphatic carbocycles. The number of amides is 2. The normalized spacial score (nSPS) is 11.6. The average molecular weight is 538 g/mol. The largest absolute Gasteiger partial charge is 0.423 e. The summed E-state index contributed by atoms with van der Waals surface area (Å²) in [7, 11) is 0. The Bertz CT molecular complexity index is 1340. The fourth-order valence-electron chi connectivity index (χ4n) is 2.77. The third-order valence-corrected chi connectivity index (χ3v) is 5.18. The number of alkyl halides is 3. The number of nitrogens with one attached hydrogen (secondary N) is 2. The van der Waals surface area contributed by atoms with Crippen molar-refractivity contribution in [2.75, 3.05) is 5.32 Å². The average Bonchev–Trinajstić information content (AvgIpc) is 2.83. The van der Waals surface area contributed by atoms with E-state index in [9.17, 15) is 27.6 Å². The van der Waals surface area contributed by atoms with E-state index in [0.29, 0.717) is 22.4 Å². The van der Waals surface area contributed by atoms with Gasteiger partial charge in [0.2, 0.25) is 0 Å². The molecular weight excluding hydrogens is 522 g/mol. The molecule has 0 atom stereocenters. The van der Waals surface area contributed by atoms with Crippen LogP contribution in [0.15, 0.2) is 71.8 Å². The lowest BCUT2D eigenvalue weighted by molar-refractivity contribution is -0.137. The van der Waals surface area contributed by atoms with Crippen molar-refractivity contribution in [2.45, 2.75) is 13.1 Å².